The van der Waals surface area contributed by atoms with Crippen molar-refractivity contribution in [1.29, 1.82) is 0 Å². The van der Waals surface area contributed by atoms with Crippen molar-refractivity contribution in [3.05, 3.63) is 46.4 Å². The van der Waals surface area contributed by atoms with Gasteiger partial charge in [-0.25, -0.2) is 13.1 Å². The van der Waals surface area contributed by atoms with Gasteiger partial charge in [-0.05, 0) is 30.0 Å². The summed E-state index contributed by atoms with van der Waals surface area (Å²) < 4.78 is 27.6. The Kier molecular flexibility index (Phi) is 4.67. The van der Waals surface area contributed by atoms with E-state index in [0.717, 1.165) is 32.6 Å². The van der Waals surface area contributed by atoms with Crippen molar-refractivity contribution in [3.63, 3.8) is 0 Å². The van der Waals surface area contributed by atoms with Crippen molar-refractivity contribution >= 4 is 21.4 Å². The van der Waals surface area contributed by atoms with Crippen LogP contribution in [0, 0.1) is 0 Å². The van der Waals surface area contributed by atoms with E-state index in [0.29, 0.717) is 0 Å². The molecule has 7 heteroatoms. The summed E-state index contributed by atoms with van der Waals surface area (Å²) in [4.78, 5) is 3.65. The Hall–Kier alpha value is -1.15. The third-order valence-corrected chi connectivity index (χ3v) is 5.49. The fourth-order valence-electron chi connectivity index (χ4n) is 2.92. The number of hydrogen-bond donors (Lipinski definition) is 1. The van der Waals surface area contributed by atoms with Gasteiger partial charge in [-0.3, -0.25) is 4.90 Å². The van der Waals surface area contributed by atoms with E-state index in [1.807, 2.05) is 0 Å². The normalized spacial score (nSPS) is 19.8. The summed E-state index contributed by atoms with van der Waals surface area (Å²) in [5.41, 5.74) is 1.27. The SMILES string of the molecule is CS(=O)(=O)N[C@H]1CCN(Cc2cccn2Cc2cccs2)C1. The fraction of sp³-hybridized carbons (Fsp3) is 0.467. The van der Waals surface area contributed by atoms with Gasteiger partial charge in [-0.15, -0.1) is 11.3 Å². The first kappa shape index (κ1) is 15.7. The molecule has 1 aliphatic heterocycles. The second-order valence-electron chi connectivity index (χ2n) is 5.82. The molecular formula is C15H21N3O2S2. The lowest BCUT2D eigenvalue weighted by atomic mass is 10.3. The minimum Gasteiger partial charge on any atom is -0.345 e. The van der Waals surface area contributed by atoms with Gasteiger partial charge in [-0.1, -0.05) is 6.07 Å². The van der Waals surface area contributed by atoms with E-state index in [-0.39, 0.29) is 6.04 Å². The van der Waals surface area contributed by atoms with E-state index >= 15 is 0 Å². The molecule has 0 aliphatic carbocycles. The van der Waals surface area contributed by atoms with Crippen LogP contribution in [0.1, 0.15) is 17.0 Å². The van der Waals surface area contributed by atoms with E-state index in [1.165, 1.54) is 16.8 Å². The van der Waals surface area contributed by atoms with E-state index in [2.05, 4.69) is 50.0 Å². The van der Waals surface area contributed by atoms with Crippen molar-refractivity contribution in [3.8, 4) is 0 Å². The highest BCUT2D eigenvalue weighted by molar-refractivity contribution is 7.88. The van der Waals surface area contributed by atoms with Crippen molar-refractivity contribution in [2.75, 3.05) is 19.3 Å². The van der Waals surface area contributed by atoms with Crippen LogP contribution in [0.3, 0.4) is 0 Å². The van der Waals surface area contributed by atoms with Gasteiger partial charge in [0.1, 0.15) is 0 Å². The van der Waals surface area contributed by atoms with Crippen molar-refractivity contribution in [2.45, 2.75) is 25.6 Å². The Morgan fingerprint density at radius 2 is 2.18 bits per heavy atom. The Morgan fingerprint density at radius 1 is 1.32 bits per heavy atom. The minimum atomic E-state index is -3.12. The fourth-order valence-corrected chi connectivity index (χ4v) is 4.42. The zero-order valence-electron chi connectivity index (χ0n) is 12.6. The largest absolute Gasteiger partial charge is 0.345 e. The van der Waals surface area contributed by atoms with Gasteiger partial charge < -0.3 is 4.57 Å². The third kappa shape index (κ3) is 4.19. The monoisotopic (exact) mass is 339 g/mol. The van der Waals surface area contributed by atoms with Crippen LogP contribution in [0.4, 0.5) is 0 Å². The minimum absolute atomic E-state index is 0.0377. The van der Waals surface area contributed by atoms with Gasteiger partial charge in [0.25, 0.3) is 0 Å². The lowest BCUT2D eigenvalue weighted by Gasteiger charge is -2.17. The van der Waals surface area contributed by atoms with E-state index < -0.39 is 10.0 Å². The first-order valence-corrected chi connectivity index (χ1v) is 10.1. The summed E-state index contributed by atoms with van der Waals surface area (Å²) in [6.07, 6.45) is 4.21. The Morgan fingerprint density at radius 3 is 2.91 bits per heavy atom. The average molecular weight is 339 g/mol. The molecule has 5 nitrogen and oxygen atoms in total. The highest BCUT2D eigenvalue weighted by atomic mass is 32.2. The van der Waals surface area contributed by atoms with Gasteiger partial charge in [0.2, 0.25) is 10.0 Å². The topological polar surface area (TPSA) is 54.3 Å². The first-order valence-electron chi connectivity index (χ1n) is 7.36. The molecule has 22 heavy (non-hydrogen) atoms. The number of nitrogens with one attached hydrogen (secondary N) is 1. The quantitative estimate of drug-likeness (QED) is 0.872. The number of rotatable bonds is 6. The molecule has 0 saturated carbocycles. The molecule has 1 atom stereocenters. The molecule has 0 bridgehead atoms. The zero-order chi connectivity index (χ0) is 15.6. The number of nitrogens with zero attached hydrogens (tertiary/aromatic N) is 2. The zero-order valence-corrected chi connectivity index (χ0v) is 14.2. The molecule has 0 amide bonds. The first-order chi connectivity index (χ1) is 10.5. The van der Waals surface area contributed by atoms with Gasteiger partial charge in [-0.2, -0.15) is 0 Å². The number of likely N-dealkylation sites (tertiary alicyclic amines) is 1. The van der Waals surface area contributed by atoms with Gasteiger partial charge in [0.05, 0.1) is 12.8 Å². The summed E-state index contributed by atoms with van der Waals surface area (Å²) in [7, 11) is -3.12. The average Bonchev–Trinajstić information content (AvgIpc) is 3.13. The van der Waals surface area contributed by atoms with Crippen LogP contribution in [0.5, 0.6) is 0 Å². The van der Waals surface area contributed by atoms with Gasteiger partial charge in [0.15, 0.2) is 0 Å². The number of thiophene rings is 1. The van der Waals surface area contributed by atoms with E-state index in [9.17, 15) is 8.42 Å². The summed E-state index contributed by atoms with van der Waals surface area (Å²) in [5.74, 6) is 0. The molecule has 1 saturated heterocycles. The lowest BCUT2D eigenvalue weighted by molar-refractivity contribution is 0.316. The van der Waals surface area contributed by atoms with Crippen molar-refractivity contribution in [1.82, 2.24) is 14.2 Å². The molecule has 2 aromatic rings. The second-order valence-corrected chi connectivity index (χ2v) is 8.63. The maximum absolute atomic E-state index is 11.3. The van der Waals surface area contributed by atoms with Crippen LogP contribution in [0.2, 0.25) is 0 Å². The molecule has 0 spiro atoms. The lowest BCUT2D eigenvalue weighted by Crippen LogP contribution is -2.36. The van der Waals surface area contributed by atoms with E-state index in [4.69, 9.17) is 0 Å². The standard InChI is InChI=1S/C15H21N3O2S2/c1-22(19,20)16-13-6-8-17(10-13)11-14-4-2-7-18(14)12-15-5-3-9-21-15/h2-5,7,9,13,16H,6,8,10-12H2,1H3/t13-/m0/s1. The number of hydrogen-bond acceptors (Lipinski definition) is 4. The van der Waals surface area contributed by atoms with Crippen molar-refractivity contribution < 1.29 is 8.42 Å². The van der Waals surface area contributed by atoms with Crippen LogP contribution in [-0.4, -0.2) is 43.3 Å². The molecular weight excluding hydrogens is 318 g/mol. The molecule has 1 aliphatic rings. The molecule has 3 rings (SSSR count). The molecule has 0 radical (unpaired) electrons. The molecule has 1 N–H and O–H groups in total. The van der Waals surface area contributed by atoms with Crippen molar-refractivity contribution in [2.24, 2.45) is 0 Å². The van der Waals surface area contributed by atoms with Crippen LogP contribution >= 0.6 is 11.3 Å². The van der Waals surface area contributed by atoms with Gasteiger partial charge in [0, 0.05) is 42.4 Å². The van der Waals surface area contributed by atoms with Crippen LogP contribution < -0.4 is 4.72 Å². The molecule has 0 aromatic carbocycles. The third-order valence-electron chi connectivity index (χ3n) is 3.87. The number of aromatic nitrogens is 1. The Balaban J connectivity index is 1.59. The summed E-state index contributed by atoms with van der Waals surface area (Å²) in [5, 5.41) is 2.10. The van der Waals surface area contributed by atoms with Crippen LogP contribution in [0.15, 0.2) is 35.8 Å². The van der Waals surface area contributed by atoms with Gasteiger partial charge >= 0.3 is 0 Å². The molecule has 1 fully saturated rings. The van der Waals surface area contributed by atoms with Crippen LogP contribution in [0.25, 0.3) is 0 Å². The van der Waals surface area contributed by atoms with Crippen LogP contribution in [-0.2, 0) is 23.1 Å². The van der Waals surface area contributed by atoms with E-state index in [1.54, 1.807) is 11.3 Å². The second kappa shape index (κ2) is 6.54. The highest BCUT2D eigenvalue weighted by Gasteiger charge is 2.25. The Labute approximate surface area is 135 Å². The summed E-state index contributed by atoms with van der Waals surface area (Å²) >= 11 is 1.77. The Bertz CT molecular complexity index is 707. The maximum Gasteiger partial charge on any atom is 0.208 e. The summed E-state index contributed by atoms with van der Waals surface area (Å²) in [6.45, 7) is 3.47. The molecule has 0 unspecified atom stereocenters. The smallest absolute Gasteiger partial charge is 0.208 e. The molecule has 3 heterocycles. The predicted molar refractivity (Wildman–Crippen MR) is 89.5 cm³/mol. The molecule has 2 aromatic heterocycles. The molecule has 120 valence electrons. The predicted octanol–water partition coefficient (Wildman–Crippen LogP) is 1.72. The highest BCUT2D eigenvalue weighted by Crippen LogP contribution is 2.17. The number of sulfonamides is 1. The maximum atomic E-state index is 11.3. The summed E-state index contributed by atoms with van der Waals surface area (Å²) in [6, 6.07) is 8.48.